The zero-order valence-corrected chi connectivity index (χ0v) is 12.6. The Labute approximate surface area is 125 Å². The third-order valence-electron chi connectivity index (χ3n) is 3.52. The van der Waals surface area contributed by atoms with Crippen molar-refractivity contribution in [1.29, 1.82) is 0 Å². The molecule has 1 unspecified atom stereocenters. The van der Waals surface area contributed by atoms with Gasteiger partial charge in [0.2, 0.25) is 0 Å². The van der Waals surface area contributed by atoms with Crippen molar-refractivity contribution >= 4 is 11.0 Å². The van der Waals surface area contributed by atoms with Crippen molar-refractivity contribution in [3.63, 3.8) is 0 Å². The Hall–Kier alpha value is -2.55. The number of hydrogen-bond acceptors (Lipinski definition) is 6. The van der Waals surface area contributed by atoms with Crippen LogP contribution in [-0.4, -0.2) is 39.6 Å². The highest BCUT2D eigenvalue weighted by atomic mass is 16.3. The molecule has 0 radical (unpaired) electrons. The van der Waals surface area contributed by atoms with Gasteiger partial charge in [-0.1, -0.05) is 0 Å². The molecular weight excluding hydrogens is 286 g/mol. The predicted octanol–water partition coefficient (Wildman–Crippen LogP) is 0.141. The van der Waals surface area contributed by atoms with E-state index < -0.39 is 0 Å². The lowest BCUT2D eigenvalue weighted by Crippen LogP contribution is -2.14. The molecule has 9 heteroatoms. The molecular formula is C13H17N7O2. The van der Waals surface area contributed by atoms with Crippen molar-refractivity contribution in [2.75, 3.05) is 0 Å². The van der Waals surface area contributed by atoms with Crippen LogP contribution < -0.4 is 5.56 Å². The molecule has 9 nitrogen and oxygen atoms in total. The normalized spacial score (nSPS) is 12.9. The van der Waals surface area contributed by atoms with Crippen molar-refractivity contribution in [3.8, 4) is 0 Å². The minimum absolute atomic E-state index is 0.297. The van der Waals surface area contributed by atoms with E-state index in [1.54, 1.807) is 22.6 Å². The molecule has 22 heavy (non-hydrogen) atoms. The summed E-state index contributed by atoms with van der Waals surface area (Å²) < 4.78 is 3.30. The van der Waals surface area contributed by atoms with E-state index >= 15 is 0 Å². The Kier molecular flexibility index (Phi) is 3.49. The molecule has 3 aromatic heterocycles. The minimum Gasteiger partial charge on any atom is -0.390 e. The highest BCUT2D eigenvalue weighted by Gasteiger charge is 2.22. The van der Waals surface area contributed by atoms with Gasteiger partial charge in [0.05, 0.1) is 6.61 Å². The van der Waals surface area contributed by atoms with Gasteiger partial charge in [0.1, 0.15) is 29.3 Å². The summed E-state index contributed by atoms with van der Waals surface area (Å²) in [6, 6.07) is -0.302. The third-order valence-corrected chi connectivity index (χ3v) is 3.52. The summed E-state index contributed by atoms with van der Waals surface area (Å²) in [5, 5.41) is 18.4. The monoisotopic (exact) mass is 303 g/mol. The van der Waals surface area contributed by atoms with E-state index in [1.165, 1.54) is 0 Å². The Morgan fingerprint density at radius 3 is 2.82 bits per heavy atom. The smallest absolute Gasteiger partial charge is 0.262 e. The molecule has 1 atom stereocenters. The average Bonchev–Trinajstić information content (AvgIpc) is 3.10. The molecule has 0 amide bonds. The summed E-state index contributed by atoms with van der Waals surface area (Å²) in [7, 11) is 0. The van der Waals surface area contributed by atoms with Gasteiger partial charge >= 0.3 is 0 Å². The first-order chi connectivity index (χ1) is 10.5. The number of aliphatic hydroxyl groups is 1. The number of nitrogens with zero attached hydrogens (tertiary/aromatic N) is 6. The first kappa shape index (κ1) is 14.4. The van der Waals surface area contributed by atoms with Gasteiger partial charge in [-0.25, -0.2) is 14.6 Å². The molecule has 0 aliphatic rings. The van der Waals surface area contributed by atoms with E-state index in [-0.39, 0.29) is 18.2 Å². The molecule has 0 spiro atoms. The quantitative estimate of drug-likeness (QED) is 0.708. The second kappa shape index (κ2) is 5.34. The standard InChI is InChI=1S/C13H17N7O2/c1-4-19-6-14-11(18-19)7(2)20-12-10(9(5-21)17-20)13(22)16-8(3)15-12/h6-7,21H,4-5H2,1-3H3,(H,15,16,22). The fraction of sp³-hybridized carbons (Fsp3) is 0.462. The van der Waals surface area contributed by atoms with Crippen molar-refractivity contribution in [2.45, 2.75) is 40.0 Å². The SMILES string of the molecule is CCn1cnc(C(C)n2nc(CO)c3c(=O)[nH]c(C)nc32)n1. The van der Waals surface area contributed by atoms with Crippen LogP contribution in [0.25, 0.3) is 11.0 Å². The van der Waals surface area contributed by atoms with Crippen LogP contribution in [0.15, 0.2) is 11.1 Å². The number of aryl methyl sites for hydroxylation is 2. The van der Waals surface area contributed by atoms with Gasteiger partial charge in [-0.15, -0.1) is 0 Å². The van der Waals surface area contributed by atoms with Crippen LogP contribution in [0.1, 0.15) is 37.2 Å². The summed E-state index contributed by atoms with van der Waals surface area (Å²) in [4.78, 5) is 23.3. The van der Waals surface area contributed by atoms with Crippen LogP contribution in [0, 0.1) is 6.92 Å². The highest BCUT2D eigenvalue weighted by molar-refractivity contribution is 5.77. The molecule has 0 aromatic carbocycles. The molecule has 0 aliphatic heterocycles. The lowest BCUT2D eigenvalue weighted by Gasteiger charge is -2.09. The first-order valence-electron chi connectivity index (χ1n) is 7.03. The fourth-order valence-corrected chi connectivity index (χ4v) is 2.37. The van der Waals surface area contributed by atoms with Gasteiger partial charge in [-0.05, 0) is 20.8 Å². The third kappa shape index (κ3) is 2.19. The van der Waals surface area contributed by atoms with Gasteiger partial charge in [-0.2, -0.15) is 10.2 Å². The largest absolute Gasteiger partial charge is 0.390 e. The second-order valence-electron chi connectivity index (χ2n) is 5.03. The summed E-state index contributed by atoms with van der Waals surface area (Å²) >= 11 is 0. The number of rotatable bonds is 4. The lowest BCUT2D eigenvalue weighted by atomic mass is 10.3. The molecule has 0 aliphatic carbocycles. The van der Waals surface area contributed by atoms with Gasteiger partial charge < -0.3 is 10.1 Å². The number of fused-ring (bicyclic) bond motifs is 1. The Morgan fingerprint density at radius 1 is 1.41 bits per heavy atom. The fourth-order valence-electron chi connectivity index (χ4n) is 2.37. The molecule has 0 saturated carbocycles. The average molecular weight is 303 g/mol. The van der Waals surface area contributed by atoms with Crippen molar-refractivity contribution in [2.24, 2.45) is 0 Å². The van der Waals surface area contributed by atoms with Crippen LogP contribution >= 0.6 is 0 Å². The van der Waals surface area contributed by atoms with Gasteiger partial charge in [0.15, 0.2) is 11.5 Å². The maximum Gasteiger partial charge on any atom is 0.262 e. The van der Waals surface area contributed by atoms with Crippen LogP contribution in [0.2, 0.25) is 0 Å². The lowest BCUT2D eigenvalue weighted by molar-refractivity contribution is 0.276. The predicted molar refractivity (Wildman–Crippen MR) is 78.3 cm³/mol. The van der Waals surface area contributed by atoms with Gasteiger partial charge in [-0.3, -0.25) is 9.48 Å². The molecule has 0 saturated heterocycles. The van der Waals surface area contributed by atoms with E-state index in [0.717, 1.165) is 6.54 Å². The van der Waals surface area contributed by atoms with E-state index in [9.17, 15) is 9.90 Å². The minimum atomic E-state index is -0.332. The number of aliphatic hydroxyl groups excluding tert-OH is 1. The Morgan fingerprint density at radius 2 is 2.18 bits per heavy atom. The van der Waals surface area contributed by atoms with Crippen LogP contribution in [0.5, 0.6) is 0 Å². The topological polar surface area (TPSA) is 115 Å². The van der Waals surface area contributed by atoms with Crippen molar-refractivity contribution in [3.05, 3.63) is 34.0 Å². The number of H-pyrrole nitrogens is 1. The Bertz CT molecular complexity index is 876. The molecule has 116 valence electrons. The summed E-state index contributed by atoms with van der Waals surface area (Å²) in [5.74, 6) is 1.07. The second-order valence-corrected chi connectivity index (χ2v) is 5.03. The number of hydrogen-bond donors (Lipinski definition) is 2. The molecule has 0 fully saturated rings. The van der Waals surface area contributed by atoms with E-state index in [0.29, 0.717) is 28.4 Å². The maximum absolute atomic E-state index is 12.1. The number of nitrogens with one attached hydrogen (secondary N) is 1. The molecule has 3 aromatic rings. The zero-order chi connectivity index (χ0) is 15.9. The van der Waals surface area contributed by atoms with Crippen LogP contribution in [0.4, 0.5) is 0 Å². The molecule has 3 heterocycles. The summed E-state index contributed by atoms with van der Waals surface area (Å²) in [6.07, 6.45) is 1.65. The van der Waals surface area contributed by atoms with E-state index in [4.69, 9.17) is 0 Å². The molecule has 0 bridgehead atoms. The van der Waals surface area contributed by atoms with E-state index in [2.05, 4.69) is 25.1 Å². The molecule has 2 N–H and O–H groups in total. The maximum atomic E-state index is 12.1. The van der Waals surface area contributed by atoms with Gasteiger partial charge in [0, 0.05) is 6.54 Å². The van der Waals surface area contributed by atoms with Crippen molar-refractivity contribution < 1.29 is 5.11 Å². The Balaban J connectivity index is 2.19. The number of aromatic amines is 1. The van der Waals surface area contributed by atoms with Crippen molar-refractivity contribution in [1.82, 2.24) is 34.5 Å². The van der Waals surface area contributed by atoms with E-state index in [1.807, 2.05) is 13.8 Å². The summed E-state index contributed by atoms with van der Waals surface area (Å²) in [6.45, 7) is 5.94. The highest BCUT2D eigenvalue weighted by Crippen LogP contribution is 2.20. The van der Waals surface area contributed by atoms with Crippen LogP contribution in [-0.2, 0) is 13.2 Å². The number of aromatic nitrogens is 7. The summed E-state index contributed by atoms with van der Waals surface area (Å²) in [5.41, 5.74) is 0.410. The first-order valence-corrected chi connectivity index (χ1v) is 7.03. The zero-order valence-electron chi connectivity index (χ0n) is 12.6. The molecule has 3 rings (SSSR count). The van der Waals surface area contributed by atoms with Gasteiger partial charge in [0.25, 0.3) is 5.56 Å². The van der Waals surface area contributed by atoms with Crippen LogP contribution in [0.3, 0.4) is 0 Å².